The molecule has 1 atom stereocenters. The molecule has 2 rings (SSSR count). The normalized spacial score (nSPS) is 11.9. The van der Waals surface area contributed by atoms with Gasteiger partial charge in [-0.25, -0.2) is 0 Å². The van der Waals surface area contributed by atoms with E-state index in [0.717, 1.165) is 16.3 Å². The quantitative estimate of drug-likeness (QED) is 0.805. The van der Waals surface area contributed by atoms with Gasteiger partial charge in [0.05, 0.1) is 6.04 Å². The van der Waals surface area contributed by atoms with E-state index in [2.05, 4.69) is 16.4 Å². The molecule has 1 heterocycles. The van der Waals surface area contributed by atoms with Crippen molar-refractivity contribution >= 4 is 23.4 Å². The van der Waals surface area contributed by atoms with E-state index < -0.39 is 6.04 Å². The number of carbonyl (C=O) groups is 1. The third-order valence-corrected chi connectivity index (χ3v) is 4.11. The fourth-order valence-electron chi connectivity index (χ4n) is 1.71. The molecule has 0 saturated carbocycles. The lowest BCUT2D eigenvalue weighted by atomic mass is 10.2. The number of anilines is 1. The smallest absolute Gasteiger partial charge is 0.241 e. The van der Waals surface area contributed by atoms with E-state index in [1.165, 1.54) is 5.56 Å². The maximum Gasteiger partial charge on any atom is 0.241 e. The number of amides is 1. The molecule has 1 aromatic carbocycles. The third kappa shape index (κ3) is 4.88. The van der Waals surface area contributed by atoms with Crippen LogP contribution < -0.4 is 11.1 Å². The summed E-state index contributed by atoms with van der Waals surface area (Å²) in [6, 6.07) is 11.3. The highest BCUT2D eigenvalue weighted by Crippen LogP contribution is 2.23. The van der Waals surface area contributed by atoms with Crippen LogP contribution in [0.2, 0.25) is 0 Å². The van der Waals surface area contributed by atoms with Gasteiger partial charge >= 0.3 is 0 Å². The molecular formula is C16H19N3OS. The molecule has 2 aromatic rings. The molecule has 21 heavy (non-hydrogen) atoms. The number of pyridine rings is 1. The minimum Gasteiger partial charge on any atom is -0.325 e. The average molecular weight is 301 g/mol. The second kappa shape index (κ2) is 7.81. The van der Waals surface area contributed by atoms with Gasteiger partial charge in [0.15, 0.2) is 0 Å². The summed E-state index contributed by atoms with van der Waals surface area (Å²) < 4.78 is 0. The SMILES string of the molecule is CC[C@@H](N)C(=O)Nc1ccc(SCc2cccnc2)cc1. The lowest BCUT2D eigenvalue weighted by molar-refractivity contribution is -0.117. The number of rotatable bonds is 6. The highest BCUT2D eigenvalue weighted by molar-refractivity contribution is 7.98. The Morgan fingerprint density at radius 3 is 2.71 bits per heavy atom. The van der Waals surface area contributed by atoms with E-state index >= 15 is 0 Å². The first kappa shape index (κ1) is 15.5. The Bertz CT molecular complexity index is 572. The van der Waals surface area contributed by atoms with Gasteiger partial charge in [-0.15, -0.1) is 11.8 Å². The zero-order chi connectivity index (χ0) is 15.1. The van der Waals surface area contributed by atoms with Gasteiger partial charge in [0.1, 0.15) is 0 Å². The van der Waals surface area contributed by atoms with E-state index in [-0.39, 0.29) is 5.91 Å². The number of carbonyl (C=O) groups excluding carboxylic acids is 1. The lowest BCUT2D eigenvalue weighted by Gasteiger charge is -2.10. The molecule has 5 heteroatoms. The van der Waals surface area contributed by atoms with Crippen molar-refractivity contribution in [1.82, 2.24) is 4.98 Å². The van der Waals surface area contributed by atoms with Gasteiger partial charge in [0.2, 0.25) is 5.91 Å². The number of thioether (sulfide) groups is 1. The van der Waals surface area contributed by atoms with Gasteiger partial charge < -0.3 is 11.1 Å². The fraction of sp³-hybridized carbons (Fsp3) is 0.250. The van der Waals surface area contributed by atoms with Crippen LogP contribution in [0.5, 0.6) is 0 Å². The van der Waals surface area contributed by atoms with Crippen molar-refractivity contribution in [2.75, 3.05) is 5.32 Å². The molecule has 110 valence electrons. The first-order valence-electron chi connectivity index (χ1n) is 6.87. The molecule has 4 nitrogen and oxygen atoms in total. The van der Waals surface area contributed by atoms with Gasteiger partial charge in [0, 0.05) is 28.7 Å². The molecular weight excluding hydrogens is 282 g/mol. The van der Waals surface area contributed by atoms with Crippen molar-refractivity contribution < 1.29 is 4.79 Å². The molecule has 0 fully saturated rings. The van der Waals surface area contributed by atoms with Gasteiger partial charge in [-0.3, -0.25) is 9.78 Å². The van der Waals surface area contributed by atoms with Crippen LogP contribution in [0.15, 0.2) is 53.7 Å². The number of nitrogens with zero attached hydrogens (tertiary/aromatic N) is 1. The van der Waals surface area contributed by atoms with Gasteiger partial charge in [-0.05, 0) is 42.3 Å². The molecule has 0 spiro atoms. The highest BCUT2D eigenvalue weighted by Gasteiger charge is 2.10. The van der Waals surface area contributed by atoms with Crippen LogP contribution in [0.1, 0.15) is 18.9 Å². The first-order chi connectivity index (χ1) is 10.2. The van der Waals surface area contributed by atoms with E-state index in [4.69, 9.17) is 5.73 Å². The zero-order valence-corrected chi connectivity index (χ0v) is 12.8. The van der Waals surface area contributed by atoms with E-state index in [1.807, 2.05) is 43.5 Å². The van der Waals surface area contributed by atoms with Crippen LogP contribution in [-0.2, 0) is 10.5 Å². The molecule has 1 amide bonds. The molecule has 3 N–H and O–H groups in total. The molecule has 0 aliphatic carbocycles. The standard InChI is InChI=1S/C16H19N3OS/c1-2-15(17)16(20)19-13-5-7-14(8-6-13)21-11-12-4-3-9-18-10-12/h3-10,15H,2,11,17H2,1H3,(H,19,20)/t15-/m1/s1. The largest absolute Gasteiger partial charge is 0.325 e. The third-order valence-electron chi connectivity index (χ3n) is 3.03. The summed E-state index contributed by atoms with van der Waals surface area (Å²) >= 11 is 1.73. The van der Waals surface area contributed by atoms with Crippen molar-refractivity contribution in [2.24, 2.45) is 5.73 Å². The van der Waals surface area contributed by atoms with Crippen LogP contribution >= 0.6 is 11.8 Å². The topological polar surface area (TPSA) is 68.0 Å². The van der Waals surface area contributed by atoms with Crippen LogP contribution in [0.25, 0.3) is 0 Å². The van der Waals surface area contributed by atoms with Gasteiger partial charge in [-0.1, -0.05) is 13.0 Å². The van der Waals surface area contributed by atoms with Crippen molar-refractivity contribution in [3.05, 3.63) is 54.4 Å². The predicted molar refractivity (Wildman–Crippen MR) is 87.1 cm³/mol. The van der Waals surface area contributed by atoms with E-state index in [1.54, 1.807) is 18.0 Å². The number of hydrogen-bond acceptors (Lipinski definition) is 4. The van der Waals surface area contributed by atoms with Crippen molar-refractivity contribution in [3.8, 4) is 0 Å². The molecule has 0 unspecified atom stereocenters. The summed E-state index contributed by atoms with van der Waals surface area (Å²) in [4.78, 5) is 16.9. The summed E-state index contributed by atoms with van der Waals surface area (Å²) in [5, 5.41) is 2.81. The Hall–Kier alpha value is -1.85. The Morgan fingerprint density at radius 2 is 2.10 bits per heavy atom. The first-order valence-corrected chi connectivity index (χ1v) is 7.86. The Kier molecular flexibility index (Phi) is 5.78. The minimum absolute atomic E-state index is 0.145. The lowest BCUT2D eigenvalue weighted by Crippen LogP contribution is -2.34. The minimum atomic E-state index is -0.454. The summed E-state index contributed by atoms with van der Waals surface area (Å²) in [5.74, 6) is 0.730. The Labute approximate surface area is 129 Å². The highest BCUT2D eigenvalue weighted by atomic mass is 32.2. The predicted octanol–water partition coefficient (Wildman–Crippen LogP) is 3.05. The summed E-state index contributed by atoms with van der Waals surface area (Å²) in [6.07, 6.45) is 4.27. The van der Waals surface area contributed by atoms with Crippen LogP contribution in [-0.4, -0.2) is 16.9 Å². The van der Waals surface area contributed by atoms with Crippen molar-refractivity contribution in [1.29, 1.82) is 0 Å². The summed E-state index contributed by atoms with van der Waals surface area (Å²) in [6.45, 7) is 1.89. The van der Waals surface area contributed by atoms with Gasteiger partial charge in [0.25, 0.3) is 0 Å². The Morgan fingerprint density at radius 1 is 1.33 bits per heavy atom. The van der Waals surface area contributed by atoms with Gasteiger partial charge in [-0.2, -0.15) is 0 Å². The molecule has 0 aliphatic heterocycles. The number of nitrogens with two attached hydrogens (primary N) is 1. The number of nitrogens with one attached hydrogen (secondary N) is 1. The number of benzene rings is 1. The average Bonchev–Trinajstić information content (AvgIpc) is 2.54. The summed E-state index contributed by atoms with van der Waals surface area (Å²) in [7, 11) is 0. The Balaban J connectivity index is 1.88. The second-order valence-corrected chi connectivity index (χ2v) is 5.73. The van der Waals surface area contributed by atoms with E-state index in [9.17, 15) is 4.79 Å². The van der Waals surface area contributed by atoms with E-state index in [0.29, 0.717) is 6.42 Å². The second-order valence-electron chi connectivity index (χ2n) is 4.68. The van der Waals surface area contributed by atoms with Crippen molar-refractivity contribution in [3.63, 3.8) is 0 Å². The maximum absolute atomic E-state index is 11.7. The fourth-order valence-corrected chi connectivity index (χ4v) is 2.54. The number of aromatic nitrogens is 1. The molecule has 0 radical (unpaired) electrons. The molecule has 0 bridgehead atoms. The van der Waals surface area contributed by atoms with Crippen molar-refractivity contribution in [2.45, 2.75) is 30.0 Å². The van der Waals surface area contributed by atoms with Crippen LogP contribution in [0.4, 0.5) is 5.69 Å². The zero-order valence-electron chi connectivity index (χ0n) is 12.0. The van der Waals surface area contributed by atoms with Crippen LogP contribution in [0.3, 0.4) is 0 Å². The summed E-state index contributed by atoms with van der Waals surface area (Å²) in [5.41, 5.74) is 7.65. The van der Waals surface area contributed by atoms with Crippen LogP contribution in [0, 0.1) is 0 Å². The molecule has 0 aliphatic rings. The number of hydrogen-bond donors (Lipinski definition) is 2. The monoisotopic (exact) mass is 301 g/mol. The maximum atomic E-state index is 11.7. The molecule has 0 saturated heterocycles. The molecule has 1 aromatic heterocycles.